The number of alkyl halides is 3. The van der Waals surface area contributed by atoms with E-state index < -0.39 is 25.0 Å². The van der Waals surface area contributed by atoms with Crippen LogP contribution in [0.2, 0.25) is 0 Å². The van der Waals surface area contributed by atoms with E-state index in [1.165, 1.54) is 12.1 Å². The van der Waals surface area contributed by atoms with Gasteiger partial charge in [-0.2, -0.15) is 13.2 Å². The first kappa shape index (κ1) is 13.9. The van der Waals surface area contributed by atoms with Crippen LogP contribution in [0.25, 0.3) is 0 Å². The molecule has 0 spiro atoms. The maximum absolute atomic E-state index is 13.0. The summed E-state index contributed by atoms with van der Waals surface area (Å²) in [7, 11) is 0. The van der Waals surface area contributed by atoms with Gasteiger partial charge in [-0.1, -0.05) is 6.07 Å². The normalized spacial score (nSPS) is 11.8. The third-order valence-corrected chi connectivity index (χ3v) is 2.05. The summed E-state index contributed by atoms with van der Waals surface area (Å²) >= 11 is 0. The monoisotopic (exact) mass is 251 g/mol. The molecule has 0 aromatic heterocycles. The lowest BCUT2D eigenvalue weighted by molar-refractivity contribution is -0.146. The molecule has 0 amide bonds. The molecule has 2 nitrogen and oxygen atoms in total. The highest BCUT2D eigenvalue weighted by atomic mass is 19.4. The molecule has 0 heterocycles. The van der Waals surface area contributed by atoms with Gasteiger partial charge < -0.3 is 10.5 Å². The van der Waals surface area contributed by atoms with Gasteiger partial charge in [0.2, 0.25) is 0 Å². The van der Waals surface area contributed by atoms with Gasteiger partial charge in [0, 0.05) is 6.54 Å². The van der Waals surface area contributed by atoms with Crippen molar-refractivity contribution >= 4 is 0 Å². The number of hydrogen-bond acceptors (Lipinski definition) is 2. The van der Waals surface area contributed by atoms with E-state index in [9.17, 15) is 17.6 Å². The molecule has 1 aromatic rings. The lowest BCUT2D eigenvalue weighted by Crippen LogP contribution is -2.11. The van der Waals surface area contributed by atoms with Crippen LogP contribution in [-0.4, -0.2) is 12.8 Å². The maximum Gasteiger partial charge on any atom is 0.391 e. The summed E-state index contributed by atoms with van der Waals surface area (Å²) in [5.74, 6) is -0.470. The third kappa shape index (κ3) is 5.65. The Balaban J connectivity index is 2.44. The number of halogens is 4. The van der Waals surface area contributed by atoms with Crippen molar-refractivity contribution in [1.82, 2.24) is 0 Å². The van der Waals surface area contributed by atoms with E-state index in [4.69, 9.17) is 10.5 Å². The van der Waals surface area contributed by atoms with Crippen LogP contribution in [0, 0.1) is 5.82 Å². The molecule has 0 fully saturated rings. The molecular weight excluding hydrogens is 238 g/mol. The standard InChI is InChI=1S/C11H13F4NO/c12-10-4-8(6-16)3-9(5-10)7-17-2-1-11(13,14)15/h3-5H,1-2,6-7,16H2. The Kier molecular flexibility index (Phi) is 4.89. The molecule has 17 heavy (non-hydrogen) atoms. The summed E-state index contributed by atoms with van der Waals surface area (Å²) in [6, 6.07) is 4.10. The van der Waals surface area contributed by atoms with Crippen molar-refractivity contribution in [3.8, 4) is 0 Å². The fourth-order valence-corrected chi connectivity index (χ4v) is 1.30. The van der Waals surface area contributed by atoms with Crippen LogP contribution in [0.4, 0.5) is 17.6 Å². The first-order valence-corrected chi connectivity index (χ1v) is 5.03. The molecule has 1 rings (SSSR count). The molecule has 2 N–H and O–H groups in total. The van der Waals surface area contributed by atoms with Crippen molar-refractivity contribution in [1.29, 1.82) is 0 Å². The zero-order valence-corrected chi connectivity index (χ0v) is 9.06. The average Bonchev–Trinajstić information content (AvgIpc) is 2.22. The van der Waals surface area contributed by atoms with Crippen LogP contribution in [-0.2, 0) is 17.9 Å². The Morgan fingerprint density at radius 2 is 1.76 bits per heavy atom. The van der Waals surface area contributed by atoms with Crippen molar-refractivity contribution in [3.05, 3.63) is 35.1 Å². The topological polar surface area (TPSA) is 35.2 Å². The number of hydrogen-bond donors (Lipinski definition) is 1. The van der Waals surface area contributed by atoms with Crippen molar-refractivity contribution in [2.75, 3.05) is 6.61 Å². The summed E-state index contributed by atoms with van der Waals surface area (Å²) in [6.45, 7) is -0.313. The number of ether oxygens (including phenoxy) is 1. The van der Waals surface area contributed by atoms with Gasteiger partial charge >= 0.3 is 6.18 Å². The zero-order valence-electron chi connectivity index (χ0n) is 9.06. The highest BCUT2D eigenvalue weighted by Gasteiger charge is 2.26. The van der Waals surface area contributed by atoms with E-state index in [1.807, 2.05) is 0 Å². The van der Waals surface area contributed by atoms with E-state index in [2.05, 4.69) is 0 Å². The Hall–Kier alpha value is -1.14. The predicted molar refractivity (Wildman–Crippen MR) is 54.6 cm³/mol. The van der Waals surface area contributed by atoms with Crippen LogP contribution in [0.5, 0.6) is 0 Å². The van der Waals surface area contributed by atoms with Gasteiger partial charge in [-0.25, -0.2) is 4.39 Å². The number of benzene rings is 1. The zero-order chi connectivity index (χ0) is 12.9. The van der Waals surface area contributed by atoms with E-state index >= 15 is 0 Å². The minimum atomic E-state index is -4.23. The molecule has 0 saturated carbocycles. The summed E-state index contributed by atoms with van der Waals surface area (Å²) in [5.41, 5.74) is 6.41. The van der Waals surface area contributed by atoms with E-state index in [1.54, 1.807) is 6.07 Å². The van der Waals surface area contributed by atoms with Gasteiger partial charge in [0.15, 0.2) is 0 Å². The molecule has 0 aliphatic carbocycles. The Labute approximate surface area is 96.4 Å². The maximum atomic E-state index is 13.0. The van der Waals surface area contributed by atoms with E-state index in [-0.39, 0.29) is 13.2 Å². The van der Waals surface area contributed by atoms with Crippen LogP contribution < -0.4 is 5.73 Å². The minimum absolute atomic E-state index is 0.0547. The molecule has 6 heteroatoms. The SMILES string of the molecule is NCc1cc(F)cc(COCCC(F)(F)F)c1. The van der Waals surface area contributed by atoms with Gasteiger partial charge in [0.05, 0.1) is 19.6 Å². The molecule has 1 aromatic carbocycles. The van der Waals surface area contributed by atoms with Crippen molar-refractivity contribution in [2.45, 2.75) is 25.7 Å². The first-order chi connectivity index (χ1) is 7.90. The van der Waals surface area contributed by atoms with E-state index in [0.29, 0.717) is 11.1 Å². The summed E-state index contributed by atoms with van der Waals surface area (Å²) < 4.78 is 53.3. The fourth-order valence-electron chi connectivity index (χ4n) is 1.30. The predicted octanol–water partition coefficient (Wildman–Crippen LogP) is 2.75. The molecule has 0 radical (unpaired) electrons. The van der Waals surface area contributed by atoms with Crippen molar-refractivity contribution in [3.63, 3.8) is 0 Å². The van der Waals surface area contributed by atoms with Gasteiger partial charge in [-0.15, -0.1) is 0 Å². The summed E-state index contributed by atoms with van der Waals surface area (Å²) in [4.78, 5) is 0. The Bertz CT molecular complexity index is 365. The summed E-state index contributed by atoms with van der Waals surface area (Å²) in [5, 5.41) is 0. The Morgan fingerprint density at radius 3 is 2.35 bits per heavy atom. The molecule has 0 bridgehead atoms. The highest BCUT2D eigenvalue weighted by Crippen LogP contribution is 2.19. The van der Waals surface area contributed by atoms with Gasteiger partial charge in [0.25, 0.3) is 0 Å². The lowest BCUT2D eigenvalue weighted by Gasteiger charge is -2.08. The van der Waals surface area contributed by atoms with Crippen molar-refractivity contribution < 1.29 is 22.3 Å². The number of rotatable bonds is 5. The molecule has 0 saturated heterocycles. The molecule has 0 aliphatic heterocycles. The lowest BCUT2D eigenvalue weighted by atomic mass is 10.1. The molecular formula is C11H13F4NO. The molecule has 96 valence electrons. The van der Waals surface area contributed by atoms with Gasteiger partial charge in [0.1, 0.15) is 5.82 Å². The highest BCUT2D eigenvalue weighted by molar-refractivity contribution is 5.24. The van der Waals surface area contributed by atoms with Crippen LogP contribution in [0.1, 0.15) is 17.5 Å². The van der Waals surface area contributed by atoms with Gasteiger partial charge in [-0.3, -0.25) is 0 Å². The average molecular weight is 251 g/mol. The van der Waals surface area contributed by atoms with E-state index in [0.717, 1.165) is 0 Å². The molecule has 0 unspecified atom stereocenters. The summed E-state index contributed by atoms with van der Waals surface area (Å²) in [6.07, 6.45) is -5.24. The molecule has 0 aliphatic rings. The number of nitrogens with two attached hydrogens (primary N) is 1. The second-order valence-electron chi connectivity index (χ2n) is 3.59. The smallest absolute Gasteiger partial charge is 0.376 e. The second-order valence-corrected chi connectivity index (χ2v) is 3.59. The first-order valence-electron chi connectivity index (χ1n) is 5.03. The largest absolute Gasteiger partial charge is 0.391 e. The Morgan fingerprint density at radius 1 is 1.12 bits per heavy atom. The van der Waals surface area contributed by atoms with Crippen LogP contribution in [0.3, 0.4) is 0 Å². The van der Waals surface area contributed by atoms with Crippen LogP contribution in [0.15, 0.2) is 18.2 Å². The van der Waals surface area contributed by atoms with Crippen LogP contribution >= 0.6 is 0 Å². The quantitative estimate of drug-likeness (QED) is 0.645. The fraction of sp³-hybridized carbons (Fsp3) is 0.455. The minimum Gasteiger partial charge on any atom is -0.376 e. The molecule has 0 atom stereocenters. The third-order valence-electron chi connectivity index (χ3n) is 2.05. The van der Waals surface area contributed by atoms with Gasteiger partial charge in [-0.05, 0) is 23.3 Å². The van der Waals surface area contributed by atoms with Crippen molar-refractivity contribution in [2.24, 2.45) is 5.73 Å². The second kappa shape index (κ2) is 5.97.